The predicted molar refractivity (Wildman–Crippen MR) is 80.1 cm³/mol. The molecule has 1 aromatic rings. The zero-order valence-corrected chi connectivity index (χ0v) is 13.1. The molecule has 19 heavy (non-hydrogen) atoms. The molecule has 2 rings (SSSR count). The third-order valence-corrected chi connectivity index (χ3v) is 6.63. The van der Waals surface area contributed by atoms with Crippen LogP contribution in [0, 0.1) is 0 Å². The summed E-state index contributed by atoms with van der Waals surface area (Å²) < 4.78 is 23.3. The standard InChI is InChI=1S/C13H22N2O2S2/c1-3-11(14)13(12-5-4-7-18-12)15(2)10-6-8-19(16,17)9-10/h4-5,7,10-11,13H,3,6,8-9,14H2,1-2H3. The van der Waals surface area contributed by atoms with E-state index in [0.29, 0.717) is 5.75 Å². The summed E-state index contributed by atoms with van der Waals surface area (Å²) in [5, 5.41) is 2.05. The van der Waals surface area contributed by atoms with Crippen molar-refractivity contribution >= 4 is 21.2 Å². The molecule has 4 nitrogen and oxygen atoms in total. The molecular weight excluding hydrogens is 280 g/mol. The van der Waals surface area contributed by atoms with Gasteiger partial charge in [0.15, 0.2) is 9.84 Å². The molecule has 1 saturated heterocycles. The van der Waals surface area contributed by atoms with Gasteiger partial charge >= 0.3 is 0 Å². The molecule has 108 valence electrons. The average Bonchev–Trinajstić information content (AvgIpc) is 2.98. The molecule has 0 saturated carbocycles. The summed E-state index contributed by atoms with van der Waals surface area (Å²) >= 11 is 1.69. The number of hydrogen-bond donors (Lipinski definition) is 1. The van der Waals surface area contributed by atoms with E-state index in [1.54, 1.807) is 11.3 Å². The summed E-state index contributed by atoms with van der Waals surface area (Å²) in [6.45, 7) is 2.07. The van der Waals surface area contributed by atoms with Crippen LogP contribution in [0.4, 0.5) is 0 Å². The molecule has 1 aliphatic rings. The predicted octanol–water partition coefficient (Wildman–Crippen LogP) is 1.65. The van der Waals surface area contributed by atoms with Crippen LogP contribution < -0.4 is 5.73 Å². The fraction of sp³-hybridized carbons (Fsp3) is 0.692. The summed E-state index contributed by atoms with van der Waals surface area (Å²) in [6.07, 6.45) is 1.60. The zero-order chi connectivity index (χ0) is 14.0. The van der Waals surface area contributed by atoms with Gasteiger partial charge in [-0.3, -0.25) is 4.90 Å². The molecule has 2 N–H and O–H groups in total. The second kappa shape index (κ2) is 5.91. The molecule has 1 aliphatic heterocycles. The van der Waals surface area contributed by atoms with E-state index in [2.05, 4.69) is 17.9 Å². The van der Waals surface area contributed by atoms with Crippen molar-refractivity contribution < 1.29 is 8.42 Å². The number of hydrogen-bond acceptors (Lipinski definition) is 5. The molecular formula is C13H22N2O2S2. The Hall–Kier alpha value is -0.430. The first kappa shape index (κ1) is 15.0. The lowest BCUT2D eigenvalue weighted by atomic mass is 10.0. The Kier molecular flexibility index (Phi) is 4.66. The largest absolute Gasteiger partial charge is 0.326 e. The van der Waals surface area contributed by atoms with Crippen LogP contribution in [0.3, 0.4) is 0 Å². The van der Waals surface area contributed by atoms with E-state index in [-0.39, 0.29) is 23.9 Å². The maximum absolute atomic E-state index is 11.6. The van der Waals surface area contributed by atoms with Crippen molar-refractivity contribution in [3.05, 3.63) is 22.4 Å². The summed E-state index contributed by atoms with van der Waals surface area (Å²) in [6, 6.07) is 4.35. The SMILES string of the molecule is CCC(N)C(c1cccs1)N(C)C1CCS(=O)(=O)C1. The second-order valence-electron chi connectivity index (χ2n) is 5.25. The van der Waals surface area contributed by atoms with E-state index in [1.165, 1.54) is 4.88 Å². The van der Waals surface area contributed by atoms with E-state index < -0.39 is 9.84 Å². The van der Waals surface area contributed by atoms with Gasteiger partial charge in [-0.05, 0) is 31.3 Å². The van der Waals surface area contributed by atoms with Crippen molar-refractivity contribution in [3.8, 4) is 0 Å². The Bertz CT molecular complexity index is 499. The highest BCUT2D eigenvalue weighted by molar-refractivity contribution is 7.91. The van der Waals surface area contributed by atoms with Crippen LogP contribution in [0.2, 0.25) is 0 Å². The summed E-state index contributed by atoms with van der Waals surface area (Å²) in [5.41, 5.74) is 6.26. The van der Waals surface area contributed by atoms with E-state index in [9.17, 15) is 8.42 Å². The molecule has 1 fully saturated rings. The number of nitrogens with zero attached hydrogens (tertiary/aromatic N) is 1. The molecule has 3 atom stereocenters. The molecule has 0 bridgehead atoms. The number of likely N-dealkylation sites (N-methyl/N-ethyl adjacent to an activating group) is 1. The number of rotatable bonds is 5. The second-order valence-corrected chi connectivity index (χ2v) is 8.46. The van der Waals surface area contributed by atoms with Crippen molar-refractivity contribution in [2.75, 3.05) is 18.6 Å². The molecule has 0 spiro atoms. The normalized spacial score (nSPS) is 25.6. The minimum Gasteiger partial charge on any atom is -0.326 e. The van der Waals surface area contributed by atoms with Gasteiger partial charge in [-0.1, -0.05) is 13.0 Å². The first-order valence-electron chi connectivity index (χ1n) is 6.66. The van der Waals surface area contributed by atoms with Gasteiger partial charge in [-0.15, -0.1) is 11.3 Å². The van der Waals surface area contributed by atoms with Crippen LogP contribution in [0.5, 0.6) is 0 Å². The number of nitrogens with two attached hydrogens (primary N) is 1. The molecule has 2 heterocycles. The Balaban J connectivity index is 2.19. The van der Waals surface area contributed by atoms with Gasteiger partial charge in [0.05, 0.1) is 17.5 Å². The van der Waals surface area contributed by atoms with Gasteiger partial charge in [-0.2, -0.15) is 0 Å². The van der Waals surface area contributed by atoms with Gasteiger partial charge < -0.3 is 5.73 Å². The number of sulfone groups is 1. The molecule has 0 aliphatic carbocycles. The Morgan fingerprint density at radius 1 is 1.58 bits per heavy atom. The van der Waals surface area contributed by atoms with Crippen molar-refractivity contribution in [1.29, 1.82) is 0 Å². The van der Waals surface area contributed by atoms with Crippen molar-refractivity contribution in [2.24, 2.45) is 5.73 Å². The van der Waals surface area contributed by atoms with Crippen LogP contribution in [0.1, 0.15) is 30.7 Å². The van der Waals surface area contributed by atoms with Crippen LogP contribution in [0.15, 0.2) is 17.5 Å². The number of thiophene rings is 1. The molecule has 0 radical (unpaired) electrons. The topological polar surface area (TPSA) is 63.4 Å². The highest BCUT2D eigenvalue weighted by Crippen LogP contribution is 2.31. The zero-order valence-electron chi connectivity index (χ0n) is 11.5. The minimum absolute atomic E-state index is 0.0342. The van der Waals surface area contributed by atoms with Gasteiger partial charge in [0, 0.05) is 17.0 Å². The minimum atomic E-state index is -2.85. The summed E-state index contributed by atoms with van der Waals surface area (Å²) in [7, 11) is -0.849. The van der Waals surface area contributed by atoms with Gasteiger partial charge in [0.1, 0.15) is 0 Å². The van der Waals surface area contributed by atoms with Crippen LogP contribution in [0.25, 0.3) is 0 Å². The smallest absolute Gasteiger partial charge is 0.151 e. The molecule has 0 aromatic carbocycles. The molecule has 1 aromatic heterocycles. The maximum atomic E-state index is 11.6. The Morgan fingerprint density at radius 2 is 2.32 bits per heavy atom. The van der Waals surface area contributed by atoms with Crippen molar-refractivity contribution in [3.63, 3.8) is 0 Å². The highest BCUT2D eigenvalue weighted by Gasteiger charge is 2.36. The van der Waals surface area contributed by atoms with Gasteiger partial charge in [-0.25, -0.2) is 8.42 Å². The first-order valence-corrected chi connectivity index (χ1v) is 9.36. The van der Waals surface area contributed by atoms with Crippen LogP contribution in [-0.2, 0) is 9.84 Å². The lowest BCUT2D eigenvalue weighted by molar-refractivity contribution is 0.164. The van der Waals surface area contributed by atoms with E-state index >= 15 is 0 Å². The first-order chi connectivity index (χ1) is 8.94. The fourth-order valence-corrected chi connectivity index (χ4v) is 5.46. The third-order valence-electron chi connectivity index (χ3n) is 3.93. The Labute approximate surface area is 119 Å². The van der Waals surface area contributed by atoms with Crippen LogP contribution >= 0.6 is 11.3 Å². The Morgan fingerprint density at radius 3 is 2.79 bits per heavy atom. The monoisotopic (exact) mass is 302 g/mol. The van der Waals surface area contributed by atoms with Crippen molar-refractivity contribution in [1.82, 2.24) is 4.90 Å². The average molecular weight is 302 g/mol. The van der Waals surface area contributed by atoms with Crippen LogP contribution in [-0.4, -0.2) is 44.0 Å². The van der Waals surface area contributed by atoms with Gasteiger partial charge in [0.25, 0.3) is 0 Å². The lowest BCUT2D eigenvalue weighted by Gasteiger charge is -2.35. The summed E-state index contributed by atoms with van der Waals surface area (Å²) in [4.78, 5) is 3.39. The third kappa shape index (κ3) is 3.37. The highest BCUT2D eigenvalue weighted by atomic mass is 32.2. The maximum Gasteiger partial charge on any atom is 0.151 e. The lowest BCUT2D eigenvalue weighted by Crippen LogP contribution is -2.44. The summed E-state index contributed by atoms with van der Waals surface area (Å²) in [5.74, 6) is 0.572. The van der Waals surface area contributed by atoms with E-state index in [0.717, 1.165) is 12.8 Å². The van der Waals surface area contributed by atoms with E-state index in [1.807, 2.05) is 18.5 Å². The van der Waals surface area contributed by atoms with E-state index in [4.69, 9.17) is 5.73 Å². The fourth-order valence-electron chi connectivity index (χ4n) is 2.72. The van der Waals surface area contributed by atoms with Crippen molar-refractivity contribution in [2.45, 2.75) is 37.9 Å². The molecule has 6 heteroatoms. The molecule has 0 amide bonds. The quantitative estimate of drug-likeness (QED) is 0.898. The van der Waals surface area contributed by atoms with Gasteiger partial charge in [0.2, 0.25) is 0 Å². The molecule has 3 unspecified atom stereocenters.